The number of halogens is 2. The molecule has 0 unspecified atom stereocenters. The third kappa shape index (κ3) is 3.23. The van der Waals surface area contributed by atoms with Gasteiger partial charge in [0.15, 0.2) is 5.00 Å². The lowest BCUT2D eigenvalue weighted by Crippen LogP contribution is -2.12. The first-order chi connectivity index (χ1) is 9.70. The van der Waals surface area contributed by atoms with Crippen LogP contribution >= 0.6 is 22.9 Å². The molecule has 0 atom stereocenters. The van der Waals surface area contributed by atoms with Crippen molar-refractivity contribution in [3.8, 4) is 0 Å². The Labute approximate surface area is 127 Å². The minimum Gasteiger partial charge on any atom is -0.385 e. The molecule has 3 N–H and O–H groups in total. The summed E-state index contributed by atoms with van der Waals surface area (Å²) < 4.78 is 39.0. The fraction of sp³-hybridized carbons (Fsp3) is 0. The van der Waals surface area contributed by atoms with E-state index in [1.165, 1.54) is 6.07 Å². The molecule has 0 radical (unpaired) electrons. The average Bonchev–Trinajstić information content (AvgIpc) is 2.77. The summed E-state index contributed by atoms with van der Waals surface area (Å²) in [7, 11) is -4.15. The van der Waals surface area contributed by atoms with Crippen molar-refractivity contribution in [2.45, 2.75) is 4.21 Å². The minimum absolute atomic E-state index is 0.0148. The molecule has 1 aromatic carbocycles. The van der Waals surface area contributed by atoms with Gasteiger partial charge < -0.3 is 5.73 Å². The quantitative estimate of drug-likeness (QED) is 0.649. The van der Waals surface area contributed by atoms with Crippen molar-refractivity contribution < 1.29 is 17.7 Å². The van der Waals surface area contributed by atoms with Gasteiger partial charge in [0.2, 0.25) is 0 Å². The molecule has 112 valence electrons. The highest BCUT2D eigenvalue weighted by Crippen LogP contribution is 2.35. The summed E-state index contributed by atoms with van der Waals surface area (Å²) >= 11 is 6.28. The molecule has 0 spiro atoms. The van der Waals surface area contributed by atoms with Crippen LogP contribution in [-0.2, 0) is 10.0 Å². The molecule has 2 rings (SSSR count). The van der Waals surface area contributed by atoms with Crippen LogP contribution in [-0.4, -0.2) is 13.3 Å². The van der Waals surface area contributed by atoms with Crippen LogP contribution in [0.15, 0.2) is 28.5 Å². The van der Waals surface area contributed by atoms with Crippen LogP contribution in [0.2, 0.25) is 5.02 Å². The molecule has 7 nitrogen and oxygen atoms in total. The predicted octanol–water partition coefficient (Wildman–Crippen LogP) is 2.83. The Morgan fingerprint density at radius 3 is 2.62 bits per heavy atom. The summed E-state index contributed by atoms with van der Waals surface area (Å²) in [5.74, 6) is -0.686. The number of nitrogens with zero attached hydrogens (tertiary/aromatic N) is 1. The van der Waals surface area contributed by atoms with E-state index in [9.17, 15) is 22.9 Å². The van der Waals surface area contributed by atoms with E-state index in [0.717, 1.165) is 18.2 Å². The molecule has 11 heteroatoms. The molecule has 1 heterocycles. The zero-order chi connectivity index (χ0) is 15.8. The van der Waals surface area contributed by atoms with Gasteiger partial charge >= 0.3 is 5.69 Å². The smallest absolute Gasteiger partial charge is 0.304 e. The van der Waals surface area contributed by atoms with Crippen LogP contribution in [0.25, 0.3) is 0 Å². The second kappa shape index (κ2) is 5.47. The highest BCUT2D eigenvalue weighted by molar-refractivity contribution is 7.94. The highest BCUT2D eigenvalue weighted by Gasteiger charge is 2.25. The van der Waals surface area contributed by atoms with Crippen molar-refractivity contribution in [1.29, 1.82) is 0 Å². The lowest BCUT2D eigenvalue weighted by atomic mass is 10.3. The summed E-state index contributed by atoms with van der Waals surface area (Å²) in [4.78, 5) is 9.87. The molecule has 0 saturated carbocycles. The van der Waals surface area contributed by atoms with Gasteiger partial charge in [-0.05, 0) is 18.2 Å². The van der Waals surface area contributed by atoms with Crippen LogP contribution in [0, 0.1) is 15.9 Å². The zero-order valence-corrected chi connectivity index (χ0v) is 12.4. The number of sulfonamides is 1. The van der Waals surface area contributed by atoms with Gasteiger partial charge in [-0.15, -0.1) is 0 Å². The normalized spacial score (nSPS) is 11.3. The van der Waals surface area contributed by atoms with Gasteiger partial charge in [0.25, 0.3) is 10.0 Å². The number of nitrogen functional groups attached to an aromatic ring is 1. The van der Waals surface area contributed by atoms with Gasteiger partial charge in [0.05, 0.1) is 15.6 Å². The van der Waals surface area contributed by atoms with Crippen LogP contribution in [0.3, 0.4) is 0 Å². The van der Waals surface area contributed by atoms with Crippen LogP contribution < -0.4 is 10.5 Å². The zero-order valence-electron chi connectivity index (χ0n) is 10.0. The van der Waals surface area contributed by atoms with Crippen molar-refractivity contribution in [1.82, 2.24) is 0 Å². The largest absolute Gasteiger partial charge is 0.385 e. The van der Waals surface area contributed by atoms with Crippen molar-refractivity contribution in [2.75, 3.05) is 10.5 Å². The summed E-state index contributed by atoms with van der Waals surface area (Å²) in [5.41, 5.74) is 4.70. The van der Waals surface area contributed by atoms with Crippen LogP contribution in [0.5, 0.6) is 0 Å². The lowest BCUT2D eigenvalue weighted by Gasteiger charge is -2.07. The van der Waals surface area contributed by atoms with E-state index >= 15 is 0 Å². The maximum Gasteiger partial charge on any atom is 0.304 e. The SMILES string of the molecule is Nc1sc(S(=O)(=O)Nc2cc(F)ccc2Cl)cc1[N+](=O)[O-]. The van der Waals surface area contributed by atoms with Gasteiger partial charge in [0, 0.05) is 6.07 Å². The summed E-state index contributed by atoms with van der Waals surface area (Å²) in [6, 6.07) is 3.97. The Morgan fingerprint density at radius 1 is 1.38 bits per heavy atom. The van der Waals surface area contributed by atoms with Gasteiger partial charge in [-0.3, -0.25) is 14.8 Å². The van der Waals surface area contributed by atoms with E-state index < -0.39 is 26.5 Å². The van der Waals surface area contributed by atoms with Crippen LogP contribution in [0.4, 0.5) is 20.8 Å². The molecule has 0 aliphatic heterocycles. The van der Waals surface area contributed by atoms with Gasteiger partial charge in [-0.25, -0.2) is 12.8 Å². The maximum absolute atomic E-state index is 13.1. The number of hydrogen-bond donors (Lipinski definition) is 2. The Bertz CT molecular complexity index is 822. The second-order valence-corrected chi connectivity index (χ2v) is 7.20. The number of benzene rings is 1. The fourth-order valence-electron chi connectivity index (χ4n) is 1.42. The average molecular weight is 352 g/mol. The summed E-state index contributed by atoms with van der Waals surface area (Å²) in [5, 5.41) is 10.4. The first kappa shape index (κ1) is 15.5. The molecule has 0 aliphatic carbocycles. The van der Waals surface area contributed by atoms with E-state index in [1.54, 1.807) is 0 Å². The van der Waals surface area contributed by atoms with Gasteiger partial charge in [-0.1, -0.05) is 22.9 Å². The van der Waals surface area contributed by atoms with Crippen molar-refractivity contribution in [2.24, 2.45) is 0 Å². The Kier molecular flexibility index (Phi) is 4.03. The number of anilines is 2. The number of hydrogen-bond acceptors (Lipinski definition) is 6. The lowest BCUT2D eigenvalue weighted by molar-refractivity contribution is -0.383. The standard InChI is InChI=1S/C10H7ClFN3O4S2/c11-6-2-1-5(12)3-7(6)14-21(18,19)9-4-8(15(16)17)10(13)20-9/h1-4,14H,13H2. The van der Waals surface area contributed by atoms with E-state index in [-0.39, 0.29) is 19.9 Å². The highest BCUT2D eigenvalue weighted by atomic mass is 35.5. The third-order valence-electron chi connectivity index (χ3n) is 2.35. The molecule has 2 aromatic rings. The van der Waals surface area contributed by atoms with Crippen molar-refractivity contribution >= 4 is 49.3 Å². The maximum atomic E-state index is 13.1. The third-order valence-corrected chi connectivity index (χ3v) is 5.47. The molecule has 0 fully saturated rings. The molecule has 21 heavy (non-hydrogen) atoms. The number of nitro groups is 1. The number of thiophene rings is 1. The number of nitrogens with two attached hydrogens (primary N) is 1. The fourth-order valence-corrected chi connectivity index (χ4v) is 3.92. The van der Waals surface area contributed by atoms with Gasteiger partial charge in [0.1, 0.15) is 10.0 Å². The van der Waals surface area contributed by atoms with Crippen molar-refractivity contribution in [3.63, 3.8) is 0 Å². The molecule has 0 saturated heterocycles. The Hall–Kier alpha value is -1.91. The molecule has 1 aromatic heterocycles. The topological polar surface area (TPSA) is 115 Å². The van der Waals surface area contributed by atoms with E-state index in [2.05, 4.69) is 4.72 Å². The first-order valence-corrected chi connectivity index (χ1v) is 7.90. The minimum atomic E-state index is -4.15. The summed E-state index contributed by atoms with van der Waals surface area (Å²) in [6.45, 7) is 0. The molecular formula is C10H7ClFN3O4S2. The van der Waals surface area contributed by atoms with Crippen molar-refractivity contribution in [3.05, 3.63) is 45.2 Å². The van der Waals surface area contributed by atoms with Gasteiger partial charge in [-0.2, -0.15) is 0 Å². The van der Waals surface area contributed by atoms with E-state index in [1.807, 2.05) is 0 Å². The summed E-state index contributed by atoms with van der Waals surface area (Å²) in [6.07, 6.45) is 0. The second-order valence-electron chi connectivity index (χ2n) is 3.80. The van der Waals surface area contributed by atoms with E-state index in [4.69, 9.17) is 17.3 Å². The Balaban J connectivity index is 2.41. The molecule has 0 bridgehead atoms. The predicted molar refractivity (Wildman–Crippen MR) is 77.6 cm³/mol. The molecule has 0 aliphatic rings. The van der Waals surface area contributed by atoms with E-state index in [0.29, 0.717) is 11.3 Å². The first-order valence-electron chi connectivity index (χ1n) is 5.22. The molecular weight excluding hydrogens is 345 g/mol. The number of rotatable bonds is 4. The monoisotopic (exact) mass is 351 g/mol. The Morgan fingerprint density at radius 2 is 2.05 bits per heavy atom. The van der Waals surface area contributed by atoms with Crippen LogP contribution in [0.1, 0.15) is 0 Å². The number of nitrogens with one attached hydrogen (secondary N) is 1. The molecule has 0 amide bonds.